The van der Waals surface area contributed by atoms with Crippen LogP contribution in [0.15, 0.2) is 12.7 Å². The molecule has 1 heterocycles. The molecule has 0 aromatic rings. The largest absolute Gasteiger partial charge is 0.336 e. The second-order valence-corrected chi connectivity index (χ2v) is 5.42. The highest BCUT2D eigenvalue weighted by molar-refractivity contribution is 7.88. The quantitative estimate of drug-likeness (QED) is 0.587. The SMILES string of the molecule is C=CC(=O)N1CC(N(C)S(C)(=O)=O)C1. The first-order chi connectivity index (χ1) is 6.36. The summed E-state index contributed by atoms with van der Waals surface area (Å²) in [6.07, 6.45) is 2.39. The summed E-state index contributed by atoms with van der Waals surface area (Å²) in [5.74, 6) is -0.150. The van der Waals surface area contributed by atoms with Crippen molar-refractivity contribution in [1.29, 1.82) is 0 Å². The van der Waals surface area contributed by atoms with Crippen LogP contribution in [0.3, 0.4) is 0 Å². The zero-order chi connectivity index (χ0) is 10.9. The van der Waals surface area contributed by atoms with Crippen LogP contribution in [0.5, 0.6) is 0 Å². The standard InChI is InChI=1S/C8H14N2O3S/c1-4-8(11)10-5-7(6-10)9(2)14(3,12)13/h4,7H,1,5-6H2,2-3H3. The van der Waals surface area contributed by atoms with Gasteiger partial charge in [-0.25, -0.2) is 8.42 Å². The molecular formula is C8H14N2O3S. The van der Waals surface area contributed by atoms with Crippen LogP contribution in [0.2, 0.25) is 0 Å². The predicted molar refractivity (Wildman–Crippen MR) is 53.2 cm³/mol. The van der Waals surface area contributed by atoms with Crippen LogP contribution in [-0.2, 0) is 14.8 Å². The fourth-order valence-electron chi connectivity index (χ4n) is 1.27. The summed E-state index contributed by atoms with van der Waals surface area (Å²) in [4.78, 5) is 12.6. The lowest BCUT2D eigenvalue weighted by molar-refractivity contribution is -0.131. The highest BCUT2D eigenvalue weighted by Gasteiger charge is 2.35. The van der Waals surface area contributed by atoms with Gasteiger partial charge in [0.25, 0.3) is 0 Å². The van der Waals surface area contributed by atoms with E-state index in [1.165, 1.54) is 17.4 Å². The van der Waals surface area contributed by atoms with Crippen molar-refractivity contribution in [2.24, 2.45) is 0 Å². The van der Waals surface area contributed by atoms with Crippen LogP contribution in [0.4, 0.5) is 0 Å². The van der Waals surface area contributed by atoms with Gasteiger partial charge in [-0.05, 0) is 6.08 Å². The Labute approximate surface area is 84.0 Å². The van der Waals surface area contributed by atoms with Crippen LogP contribution in [-0.4, -0.2) is 56.0 Å². The van der Waals surface area contributed by atoms with Crippen LogP contribution < -0.4 is 0 Å². The van der Waals surface area contributed by atoms with E-state index in [4.69, 9.17) is 0 Å². The van der Waals surface area contributed by atoms with E-state index in [2.05, 4.69) is 6.58 Å². The lowest BCUT2D eigenvalue weighted by atomic mass is 10.1. The number of sulfonamides is 1. The maximum Gasteiger partial charge on any atom is 0.246 e. The van der Waals surface area contributed by atoms with Crippen molar-refractivity contribution in [3.8, 4) is 0 Å². The summed E-state index contributed by atoms with van der Waals surface area (Å²) in [5.41, 5.74) is 0. The van der Waals surface area contributed by atoms with Crippen molar-refractivity contribution in [3.63, 3.8) is 0 Å². The number of likely N-dealkylation sites (N-methyl/N-ethyl adjacent to an activating group) is 1. The molecule has 1 aliphatic rings. The molecular weight excluding hydrogens is 204 g/mol. The number of amides is 1. The maximum atomic E-state index is 11.1. The molecule has 1 rings (SSSR count). The van der Waals surface area contributed by atoms with Crippen LogP contribution >= 0.6 is 0 Å². The van der Waals surface area contributed by atoms with E-state index in [9.17, 15) is 13.2 Å². The molecule has 0 unspecified atom stereocenters. The number of carbonyl (C=O) groups excluding carboxylic acids is 1. The number of nitrogens with zero attached hydrogens (tertiary/aromatic N) is 2. The normalized spacial score (nSPS) is 18.1. The van der Waals surface area contributed by atoms with Crippen molar-refractivity contribution in [2.75, 3.05) is 26.4 Å². The van der Waals surface area contributed by atoms with Gasteiger partial charge in [0.05, 0.1) is 12.3 Å². The molecule has 1 fully saturated rings. The van der Waals surface area contributed by atoms with Gasteiger partial charge in [0, 0.05) is 20.1 Å². The summed E-state index contributed by atoms with van der Waals surface area (Å²) in [6.45, 7) is 4.26. The molecule has 5 nitrogen and oxygen atoms in total. The van der Waals surface area contributed by atoms with Crippen LogP contribution in [0.25, 0.3) is 0 Å². The Morgan fingerprint density at radius 1 is 1.57 bits per heavy atom. The van der Waals surface area contributed by atoms with E-state index in [-0.39, 0.29) is 11.9 Å². The topological polar surface area (TPSA) is 57.7 Å². The first kappa shape index (κ1) is 11.2. The highest BCUT2D eigenvalue weighted by atomic mass is 32.2. The molecule has 1 aliphatic heterocycles. The smallest absolute Gasteiger partial charge is 0.246 e. The van der Waals surface area contributed by atoms with Crippen molar-refractivity contribution < 1.29 is 13.2 Å². The zero-order valence-electron chi connectivity index (χ0n) is 8.30. The summed E-state index contributed by atoms with van der Waals surface area (Å²) in [5, 5.41) is 0. The van der Waals surface area contributed by atoms with E-state index in [1.807, 2.05) is 0 Å². The second kappa shape index (κ2) is 3.70. The van der Waals surface area contributed by atoms with Crippen molar-refractivity contribution in [3.05, 3.63) is 12.7 Å². The van der Waals surface area contributed by atoms with E-state index in [0.29, 0.717) is 13.1 Å². The fourth-order valence-corrected chi connectivity index (χ4v) is 1.94. The van der Waals surface area contributed by atoms with Gasteiger partial charge in [-0.3, -0.25) is 4.79 Å². The number of carbonyl (C=O) groups is 1. The third-order valence-corrected chi connectivity index (χ3v) is 3.73. The third-order valence-electron chi connectivity index (χ3n) is 2.39. The molecule has 0 bridgehead atoms. The summed E-state index contributed by atoms with van der Waals surface area (Å²) in [7, 11) is -1.63. The molecule has 0 radical (unpaired) electrons. The van der Waals surface area contributed by atoms with Crippen molar-refractivity contribution in [1.82, 2.24) is 9.21 Å². The molecule has 6 heteroatoms. The Morgan fingerprint density at radius 3 is 2.43 bits per heavy atom. The van der Waals surface area contributed by atoms with Gasteiger partial charge in [0.2, 0.25) is 15.9 Å². The van der Waals surface area contributed by atoms with Gasteiger partial charge < -0.3 is 4.90 Å². The monoisotopic (exact) mass is 218 g/mol. The molecule has 0 spiro atoms. The van der Waals surface area contributed by atoms with Gasteiger partial charge in [-0.15, -0.1) is 0 Å². The second-order valence-electron chi connectivity index (χ2n) is 3.38. The van der Waals surface area contributed by atoms with Crippen molar-refractivity contribution in [2.45, 2.75) is 6.04 Å². The number of hydrogen-bond acceptors (Lipinski definition) is 3. The first-order valence-corrected chi connectivity index (χ1v) is 6.05. The van der Waals surface area contributed by atoms with E-state index in [0.717, 1.165) is 6.26 Å². The fraction of sp³-hybridized carbons (Fsp3) is 0.625. The minimum atomic E-state index is -3.15. The summed E-state index contributed by atoms with van der Waals surface area (Å²) in [6, 6.07) is -0.0890. The predicted octanol–water partition coefficient (Wildman–Crippen LogP) is -0.725. The molecule has 0 N–H and O–H groups in total. The molecule has 1 amide bonds. The van der Waals surface area contributed by atoms with E-state index < -0.39 is 10.0 Å². The Kier molecular flexibility index (Phi) is 2.96. The number of hydrogen-bond donors (Lipinski definition) is 0. The first-order valence-electron chi connectivity index (χ1n) is 4.20. The molecule has 14 heavy (non-hydrogen) atoms. The maximum absolute atomic E-state index is 11.1. The Balaban J connectivity index is 2.50. The lowest BCUT2D eigenvalue weighted by Gasteiger charge is -2.42. The zero-order valence-corrected chi connectivity index (χ0v) is 9.12. The molecule has 0 saturated carbocycles. The summed E-state index contributed by atoms with van der Waals surface area (Å²) >= 11 is 0. The molecule has 0 atom stereocenters. The molecule has 0 aliphatic carbocycles. The van der Waals surface area contributed by atoms with Crippen molar-refractivity contribution >= 4 is 15.9 Å². The van der Waals surface area contributed by atoms with E-state index in [1.54, 1.807) is 4.90 Å². The van der Waals surface area contributed by atoms with E-state index >= 15 is 0 Å². The summed E-state index contributed by atoms with van der Waals surface area (Å²) < 4.78 is 23.5. The Bertz CT molecular complexity index is 344. The Hall–Kier alpha value is -0.880. The molecule has 80 valence electrons. The van der Waals surface area contributed by atoms with Crippen LogP contribution in [0.1, 0.15) is 0 Å². The van der Waals surface area contributed by atoms with Gasteiger partial charge in [-0.2, -0.15) is 4.31 Å². The van der Waals surface area contributed by atoms with Gasteiger partial charge in [0.1, 0.15) is 0 Å². The average Bonchev–Trinajstić information content (AvgIpc) is 1.99. The van der Waals surface area contributed by atoms with Gasteiger partial charge in [0.15, 0.2) is 0 Å². The highest BCUT2D eigenvalue weighted by Crippen LogP contribution is 2.15. The van der Waals surface area contributed by atoms with Gasteiger partial charge >= 0.3 is 0 Å². The molecule has 0 aromatic heterocycles. The van der Waals surface area contributed by atoms with Crippen LogP contribution in [0, 0.1) is 0 Å². The number of rotatable bonds is 3. The number of likely N-dealkylation sites (tertiary alicyclic amines) is 1. The third kappa shape index (κ3) is 2.13. The molecule has 0 aromatic carbocycles. The average molecular weight is 218 g/mol. The van der Waals surface area contributed by atoms with Gasteiger partial charge in [-0.1, -0.05) is 6.58 Å². The molecule has 1 saturated heterocycles. The minimum absolute atomic E-state index is 0.0890. The Morgan fingerprint density at radius 2 is 2.07 bits per heavy atom. The lowest BCUT2D eigenvalue weighted by Crippen LogP contribution is -2.60. The minimum Gasteiger partial charge on any atom is -0.336 e.